The molecule has 7 rings (SSSR count). The number of H-pyrrole nitrogens is 1. The molecule has 5 aromatic rings. The van der Waals surface area contributed by atoms with Crippen LogP contribution in [-0.4, -0.2) is 54.5 Å². The smallest absolute Gasteiger partial charge is 0.384 e. The summed E-state index contributed by atoms with van der Waals surface area (Å²) in [5.74, 6) is 1.55. The van der Waals surface area contributed by atoms with Crippen LogP contribution in [0.15, 0.2) is 58.0 Å². The molecule has 1 saturated carbocycles. The molecular weight excluding hydrogens is 556 g/mol. The number of morpholine rings is 1. The molecule has 1 atom stereocenters. The number of hydrogen-bond donors (Lipinski definition) is 1. The predicted molar refractivity (Wildman–Crippen MR) is 158 cm³/mol. The standard InChI is InChI=1S/C30H31ClN8O3/c1-18-5-7-19(8-6-18)16-39-25-24(21-3-2-4-22(31)15-21)33-27(28-36-37-30(40)42-28)34-26(25)35-29(39)38-13-14-41-17-23(38)20-9-11-32-12-10-20/h2-4,9-12,15,18-19,23H,5-8,13-14,16-17H2,1H3,(H,37,40)/t18?,19?,23-/m0/s1. The fourth-order valence-corrected chi connectivity index (χ4v) is 6.34. The molecular formula is C30H31ClN8O3. The monoisotopic (exact) mass is 586 g/mol. The van der Waals surface area contributed by atoms with Gasteiger partial charge in [0, 0.05) is 36.1 Å². The maximum absolute atomic E-state index is 11.8. The number of rotatable bonds is 6. The zero-order valence-corrected chi connectivity index (χ0v) is 24.0. The van der Waals surface area contributed by atoms with Gasteiger partial charge in [0.05, 0.1) is 19.3 Å². The lowest BCUT2D eigenvalue weighted by Crippen LogP contribution is -2.41. The Kier molecular flexibility index (Phi) is 7.20. The van der Waals surface area contributed by atoms with Crippen LogP contribution in [0.1, 0.15) is 44.2 Å². The Morgan fingerprint density at radius 2 is 1.90 bits per heavy atom. The van der Waals surface area contributed by atoms with Crippen molar-refractivity contribution in [1.82, 2.24) is 34.7 Å². The largest absolute Gasteiger partial charge is 0.434 e. The number of anilines is 1. The van der Waals surface area contributed by atoms with Gasteiger partial charge in [-0.2, -0.15) is 4.98 Å². The molecule has 216 valence electrons. The van der Waals surface area contributed by atoms with E-state index in [1.807, 2.05) is 36.4 Å². The summed E-state index contributed by atoms with van der Waals surface area (Å²) in [6, 6.07) is 11.6. The van der Waals surface area contributed by atoms with Gasteiger partial charge >= 0.3 is 5.76 Å². The van der Waals surface area contributed by atoms with Gasteiger partial charge in [0.2, 0.25) is 11.8 Å². The van der Waals surface area contributed by atoms with E-state index in [0.29, 0.717) is 42.0 Å². The van der Waals surface area contributed by atoms with E-state index < -0.39 is 5.76 Å². The third-order valence-corrected chi connectivity index (χ3v) is 8.60. The molecule has 12 heteroatoms. The summed E-state index contributed by atoms with van der Waals surface area (Å²) in [7, 11) is 0. The number of benzene rings is 1. The summed E-state index contributed by atoms with van der Waals surface area (Å²) in [6.45, 7) is 4.90. The maximum atomic E-state index is 11.8. The molecule has 1 aliphatic heterocycles. The molecule has 0 radical (unpaired) electrons. The highest BCUT2D eigenvalue weighted by molar-refractivity contribution is 6.30. The fraction of sp³-hybridized carbons (Fsp3) is 0.400. The van der Waals surface area contributed by atoms with Crippen LogP contribution in [0.3, 0.4) is 0 Å². The molecule has 4 aromatic heterocycles. The number of nitrogens with one attached hydrogen (secondary N) is 1. The average molecular weight is 587 g/mol. The molecule has 0 amide bonds. The molecule has 11 nitrogen and oxygen atoms in total. The fourth-order valence-electron chi connectivity index (χ4n) is 6.15. The van der Waals surface area contributed by atoms with Gasteiger partial charge in [-0.05, 0) is 54.5 Å². The minimum absolute atomic E-state index is 0.00332. The van der Waals surface area contributed by atoms with E-state index >= 15 is 0 Å². The average Bonchev–Trinajstić information content (AvgIpc) is 3.62. The van der Waals surface area contributed by atoms with E-state index in [4.69, 9.17) is 35.7 Å². The van der Waals surface area contributed by atoms with E-state index in [1.54, 1.807) is 12.4 Å². The number of halogens is 1. The van der Waals surface area contributed by atoms with Crippen molar-refractivity contribution in [2.45, 2.75) is 45.2 Å². The lowest BCUT2D eigenvalue weighted by atomic mass is 9.83. The molecule has 1 N–H and O–H groups in total. The van der Waals surface area contributed by atoms with Gasteiger partial charge in [-0.1, -0.05) is 43.5 Å². The number of hydrogen-bond acceptors (Lipinski definition) is 9. The highest BCUT2D eigenvalue weighted by atomic mass is 35.5. The normalized spacial score (nSPS) is 21.2. The Balaban J connectivity index is 1.45. The molecule has 2 aliphatic rings. The van der Waals surface area contributed by atoms with Crippen molar-refractivity contribution in [3.8, 4) is 23.0 Å². The molecule has 0 spiro atoms. The molecule has 42 heavy (non-hydrogen) atoms. The van der Waals surface area contributed by atoms with Crippen LogP contribution in [0, 0.1) is 11.8 Å². The van der Waals surface area contributed by atoms with Crippen molar-refractivity contribution in [2.75, 3.05) is 24.7 Å². The third kappa shape index (κ3) is 5.18. The molecule has 1 aliphatic carbocycles. The topological polar surface area (TPSA) is 128 Å². The van der Waals surface area contributed by atoms with Crippen LogP contribution in [-0.2, 0) is 11.3 Å². The highest BCUT2D eigenvalue weighted by Crippen LogP contribution is 2.38. The van der Waals surface area contributed by atoms with Gasteiger partial charge in [-0.3, -0.25) is 4.98 Å². The van der Waals surface area contributed by atoms with Crippen molar-refractivity contribution < 1.29 is 9.15 Å². The number of nitrogens with zero attached hydrogens (tertiary/aromatic N) is 7. The van der Waals surface area contributed by atoms with Gasteiger partial charge in [-0.15, -0.1) is 5.10 Å². The SMILES string of the molecule is CC1CCC(Cn2c(N3CCOC[C@H]3c3ccncc3)nc3nc(-c4n[nH]c(=O)o4)nc(-c4cccc(Cl)c4)c32)CC1. The minimum Gasteiger partial charge on any atom is -0.384 e. The summed E-state index contributed by atoms with van der Waals surface area (Å²) >= 11 is 6.46. The number of ether oxygens (including phenoxy) is 1. The van der Waals surface area contributed by atoms with Crippen LogP contribution in [0.25, 0.3) is 34.1 Å². The van der Waals surface area contributed by atoms with Gasteiger partial charge < -0.3 is 18.6 Å². The Bertz CT molecular complexity index is 1760. The van der Waals surface area contributed by atoms with Crippen LogP contribution >= 0.6 is 11.6 Å². The number of pyridine rings is 1. The molecule has 0 bridgehead atoms. The van der Waals surface area contributed by atoms with E-state index in [-0.39, 0.29) is 17.8 Å². The maximum Gasteiger partial charge on any atom is 0.434 e. The van der Waals surface area contributed by atoms with E-state index in [1.165, 1.54) is 12.8 Å². The van der Waals surface area contributed by atoms with E-state index in [2.05, 4.69) is 31.6 Å². The molecule has 0 unspecified atom stereocenters. The first-order chi connectivity index (χ1) is 20.5. The lowest BCUT2D eigenvalue weighted by Gasteiger charge is -2.37. The van der Waals surface area contributed by atoms with Crippen LogP contribution < -0.4 is 10.7 Å². The molecule has 5 heterocycles. The van der Waals surface area contributed by atoms with Crippen molar-refractivity contribution in [3.63, 3.8) is 0 Å². The number of aromatic amines is 1. The second kappa shape index (κ2) is 11.3. The lowest BCUT2D eigenvalue weighted by molar-refractivity contribution is 0.0927. The Labute approximate surface area is 246 Å². The van der Waals surface area contributed by atoms with Gasteiger partial charge in [-0.25, -0.2) is 19.9 Å². The second-order valence-corrected chi connectivity index (χ2v) is 11.6. The highest BCUT2D eigenvalue weighted by Gasteiger charge is 2.32. The minimum atomic E-state index is -0.677. The number of aromatic nitrogens is 7. The first-order valence-electron chi connectivity index (χ1n) is 14.4. The summed E-state index contributed by atoms with van der Waals surface area (Å²) in [4.78, 5) is 33.2. The second-order valence-electron chi connectivity index (χ2n) is 11.2. The quantitative estimate of drug-likeness (QED) is 0.282. The zero-order valence-electron chi connectivity index (χ0n) is 23.2. The van der Waals surface area contributed by atoms with Crippen molar-refractivity contribution in [3.05, 3.63) is 69.9 Å². The van der Waals surface area contributed by atoms with Gasteiger partial charge in [0.1, 0.15) is 11.2 Å². The predicted octanol–water partition coefficient (Wildman–Crippen LogP) is 5.29. The van der Waals surface area contributed by atoms with E-state index in [0.717, 1.165) is 47.9 Å². The van der Waals surface area contributed by atoms with Crippen LogP contribution in [0.4, 0.5) is 5.95 Å². The summed E-state index contributed by atoms with van der Waals surface area (Å²) in [6.07, 6.45) is 8.34. The Hall–Kier alpha value is -4.09. The van der Waals surface area contributed by atoms with Crippen LogP contribution in [0.5, 0.6) is 0 Å². The van der Waals surface area contributed by atoms with E-state index in [9.17, 15) is 4.79 Å². The molecule has 2 fully saturated rings. The molecule has 1 saturated heterocycles. The van der Waals surface area contributed by atoms with Gasteiger partial charge in [0.15, 0.2) is 5.65 Å². The van der Waals surface area contributed by atoms with Crippen molar-refractivity contribution >= 4 is 28.7 Å². The summed E-state index contributed by atoms with van der Waals surface area (Å²) in [5, 5.41) is 6.89. The Morgan fingerprint density at radius 3 is 2.67 bits per heavy atom. The first-order valence-corrected chi connectivity index (χ1v) is 14.8. The third-order valence-electron chi connectivity index (χ3n) is 8.36. The van der Waals surface area contributed by atoms with Gasteiger partial charge in [0.25, 0.3) is 5.89 Å². The van der Waals surface area contributed by atoms with Crippen molar-refractivity contribution in [1.29, 1.82) is 0 Å². The van der Waals surface area contributed by atoms with Crippen LogP contribution in [0.2, 0.25) is 5.02 Å². The number of imidazole rings is 1. The number of fused-ring (bicyclic) bond motifs is 1. The molecule has 1 aromatic carbocycles. The zero-order chi connectivity index (χ0) is 28.6. The summed E-state index contributed by atoms with van der Waals surface area (Å²) in [5.41, 5.74) is 3.88. The Morgan fingerprint density at radius 1 is 1.07 bits per heavy atom. The van der Waals surface area contributed by atoms with Crippen molar-refractivity contribution in [2.24, 2.45) is 11.8 Å². The first kappa shape index (κ1) is 26.8. The summed E-state index contributed by atoms with van der Waals surface area (Å²) < 4.78 is 13.5.